The normalized spacial score (nSPS) is 14.5. The Hall–Kier alpha value is -2.36. The summed E-state index contributed by atoms with van der Waals surface area (Å²) >= 11 is 1.31. The largest absolute Gasteiger partial charge is 0.378 e. The Morgan fingerprint density at radius 1 is 1.30 bits per heavy atom. The Labute approximate surface area is 139 Å². The molecule has 2 heterocycles. The number of thiophene rings is 1. The number of hydrogen-bond donors (Lipinski definition) is 1. The number of nitrogens with two attached hydrogens (primary N) is 1. The highest BCUT2D eigenvalue weighted by atomic mass is 32.1. The van der Waals surface area contributed by atoms with Crippen LogP contribution in [0.15, 0.2) is 24.3 Å². The topological polar surface area (TPSA) is 59.9 Å². The number of aryl methyl sites for hydroxylation is 1. The second-order valence-corrected chi connectivity index (χ2v) is 6.40. The second-order valence-electron chi connectivity index (χ2n) is 5.40. The van der Waals surface area contributed by atoms with Crippen molar-refractivity contribution in [3.8, 4) is 11.1 Å². The summed E-state index contributed by atoms with van der Waals surface area (Å²) in [6.07, 6.45) is 0. The molecule has 23 heavy (non-hydrogen) atoms. The van der Waals surface area contributed by atoms with Crippen molar-refractivity contribution in [1.82, 2.24) is 0 Å². The average molecular weight is 327 g/mol. The number of nitrogens with zero attached hydrogens (tertiary/aromatic N) is 2. The van der Waals surface area contributed by atoms with Crippen molar-refractivity contribution in [3.05, 3.63) is 46.1 Å². The number of hydrogen-bond acceptors (Lipinski definition) is 4. The van der Waals surface area contributed by atoms with E-state index in [1.54, 1.807) is 0 Å². The summed E-state index contributed by atoms with van der Waals surface area (Å²) < 4.78 is 5.37. The predicted molar refractivity (Wildman–Crippen MR) is 92.3 cm³/mol. The molecule has 1 aromatic heterocycles. The predicted octanol–water partition coefficient (Wildman–Crippen LogP) is 3.21. The molecule has 0 unspecified atom stereocenters. The van der Waals surface area contributed by atoms with E-state index in [9.17, 15) is 4.79 Å². The van der Waals surface area contributed by atoms with Gasteiger partial charge in [-0.25, -0.2) is 4.85 Å². The fourth-order valence-electron chi connectivity index (χ4n) is 2.66. The van der Waals surface area contributed by atoms with Crippen LogP contribution < -0.4 is 10.6 Å². The number of morpholine rings is 1. The van der Waals surface area contributed by atoms with Crippen LogP contribution in [0.2, 0.25) is 0 Å². The number of carbonyl (C=O) groups is 1. The summed E-state index contributed by atoms with van der Waals surface area (Å²) in [6, 6.07) is 7.81. The molecular formula is C17H17N3O2S. The number of amides is 1. The van der Waals surface area contributed by atoms with E-state index in [2.05, 4.69) is 9.74 Å². The average Bonchev–Trinajstić information content (AvgIpc) is 2.96. The zero-order valence-electron chi connectivity index (χ0n) is 12.8. The molecule has 5 nitrogen and oxygen atoms in total. The lowest BCUT2D eigenvalue weighted by atomic mass is 10.0. The van der Waals surface area contributed by atoms with Gasteiger partial charge in [0.25, 0.3) is 5.91 Å². The van der Waals surface area contributed by atoms with Gasteiger partial charge in [0.05, 0.1) is 29.7 Å². The quantitative estimate of drug-likeness (QED) is 0.881. The van der Waals surface area contributed by atoms with Crippen LogP contribution in [0.25, 0.3) is 16.0 Å². The van der Waals surface area contributed by atoms with Gasteiger partial charge in [-0.3, -0.25) is 4.79 Å². The standard InChI is InChI=1S/C17H17N3O2S/c1-11-3-5-12(6-4-11)13-14(19-2)17(23-15(13)16(18)21)20-7-9-22-10-8-20/h3-6H,7-10H2,1H3,(H2,18,21). The molecule has 0 aliphatic carbocycles. The van der Waals surface area contributed by atoms with Gasteiger partial charge in [0.1, 0.15) is 0 Å². The minimum absolute atomic E-state index is 0.446. The first-order chi connectivity index (χ1) is 11.1. The van der Waals surface area contributed by atoms with E-state index in [-0.39, 0.29) is 0 Å². The van der Waals surface area contributed by atoms with E-state index < -0.39 is 5.91 Å². The van der Waals surface area contributed by atoms with Gasteiger partial charge in [0.2, 0.25) is 5.69 Å². The van der Waals surface area contributed by atoms with Crippen molar-refractivity contribution < 1.29 is 9.53 Å². The highest BCUT2D eigenvalue weighted by Crippen LogP contribution is 2.48. The van der Waals surface area contributed by atoms with Crippen LogP contribution in [0.5, 0.6) is 0 Å². The number of ether oxygens (including phenoxy) is 1. The first-order valence-electron chi connectivity index (χ1n) is 7.35. The van der Waals surface area contributed by atoms with Gasteiger partial charge in [-0.1, -0.05) is 29.8 Å². The number of benzene rings is 1. The van der Waals surface area contributed by atoms with E-state index in [1.165, 1.54) is 11.3 Å². The fourth-order valence-corrected chi connectivity index (χ4v) is 3.82. The van der Waals surface area contributed by atoms with Gasteiger partial charge < -0.3 is 15.4 Å². The van der Waals surface area contributed by atoms with Gasteiger partial charge in [-0.15, -0.1) is 11.3 Å². The summed E-state index contributed by atoms with van der Waals surface area (Å²) in [7, 11) is 0. The molecule has 1 saturated heterocycles. The molecule has 0 bridgehead atoms. The zero-order valence-corrected chi connectivity index (χ0v) is 13.7. The molecule has 2 aromatic rings. The summed E-state index contributed by atoms with van der Waals surface area (Å²) in [6.45, 7) is 12.3. The minimum Gasteiger partial charge on any atom is -0.378 e. The van der Waals surface area contributed by atoms with Crippen LogP contribution in [-0.2, 0) is 4.74 Å². The Morgan fingerprint density at radius 2 is 1.96 bits per heavy atom. The van der Waals surface area contributed by atoms with Crippen LogP contribution in [-0.4, -0.2) is 32.2 Å². The van der Waals surface area contributed by atoms with E-state index >= 15 is 0 Å². The van der Waals surface area contributed by atoms with E-state index in [0.29, 0.717) is 42.4 Å². The molecule has 1 aliphatic heterocycles. The molecule has 0 saturated carbocycles. The Morgan fingerprint density at radius 3 is 2.52 bits per heavy atom. The zero-order chi connectivity index (χ0) is 16.4. The maximum atomic E-state index is 11.9. The van der Waals surface area contributed by atoms with Crippen LogP contribution in [0.4, 0.5) is 10.7 Å². The summed E-state index contributed by atoms with van der Waals surface area (Å²) in [5.41, 5.74) is 8.71. The third-order valence-corrected chi connectivity index (χ3v) is 5.09. The number of rotatable bonds is 3. The van der Waals surface area contributed by atoms with Crippen LogP contribution in [0.1, 0.15) is 15.2 Å². The molecule has 6 heteroatoms. The Balaban J connectivity index is 2.16. The van der Waals surface area contributed by atoms with Gasteiger partial charge in [0.15, 0.2) is 0 Å². The molecule has 1 amide bonds. The van der Waals surface area contributed by atoms with E-state index in [4.69, 9.17) is 17.0 Å². The number of carbonyl (C=O) groups excluding carboxylic acids is 1. The Bertz CT molecular complexity index is 768. The second kappa shape index (κ2) is 6.41. The molecular weight excluding hydrogens is 310 g/mol. The molecule has 0 spiro atoms. The maximum Gasteiger partial charge on any atom is 0.258 e. The van der Waals surface area contributed by atoms with Gasteiger partial charge in [0, 0.05) is 18.7 Å². The van der Waals surface area contributed by atoms with Crippen molar-refractivity contribution in [3.63, 3.8) is 0 Å². The van der Waals surface area contributed by atoms with Crippen molar-refractivity contribution in [2.75, 3.05) is 31.2 Å². The van der Waals surface area contributed by atoms with Crippen LogP contribution >= 0.6 is 11.3 Å². The molecule has 118 valence electrons. The SMILES string of the molecule is [C-]#[N+]c1c(N2CCOCC2)sc(C(N)=O)c1-c1ccc(C)cc1. The Kier molecular flexibility index (Phi) is 4.33. The maximum absolute atomic E-state index is 11.9. The van der Waals surface area contributed by atoms with Crippen LogP contribution in [0.3, 0.4) is 0 Å². The lowest BCUT2D eigenvalue weighted by Crippen LogP contribution is -2.35. The highest BCUT2D eigenvalue weighted by molar-refractivity contribution is 7.19. The molecule has 1 aromatic carbocycles. The van der Waals surface area contributed by atoms with E-state index in [1.807, 2.05) is 31.2 Å². The summed E-state index contributed by atoms with van der Waals surface area (Å²) in [5, 5.41) is 0.813. The van der Waals surface area contributed by atoms with Crippen molar-refractivity contribution in [1.29, 1.82) is 0 Å². The van der Waals surface area contributed by atoms with Gasteiger partial charge in [-0.2, -0.15) is 0 Å². The first kappa shape index (κ1) is 15.5. The third kappa shape index (κ3) is 2.93. The van der Waals surface area contributed by atoms with Crippen LogP contribution in [0, 0.1) is 13.5 Å². The van der Waals surface area contributed by atoms with Crippen molar-refractivity contribution >= 4 is 27.9 Å². The minimum atomic E-state index is -0.491. The molecule has 0 atom stereocenters. The van der Waals surface area contributed by atoms with Gasteiger partial charge in [-0.05, 0) is 12.5 Å². The van der Waals surface area contributed by atoms with E-state index in [0.717, 1.165) is 16.1 Å². The molecule has 3 rings (SSSR count). The number of anilines is 1. The summed E-state index contributed by atoms with van der Waals surface area (Å²) in [5.74, 6) is -0.491. The molecule has 1 fully saturated rings. The molecule has 1 aliphatic rings. The summed E-state index contributed by atoms with van der Waals surface area (Å²) in [4.78, 5) is 18.2. The molecule has 2 N–H and O–H groups in total. The molecule has 0 radical (unpaired) electrons. The third-order valence-electron chi connectivity index (χ3n) is 3.84. The van der Waals surface area contributed by atoms with Gasteiger partial charge >= 0.3 is 0 Å². The monoisotopic (exact) mass is 327 g/mol. The fraction of sp³-hybridized carbons (Fsp3) is 0.294. The lowest BCUT2D eigenvalue weighted by molar-refractivity contribution is 0.100. The lowest BCUT2D eigenvalue weighted by Gasteiger charge is -2.28. The number of primary amides is 1. The first-order valence-corrected chi connectivity index (χ1v) is 8.17. The highest BCUT2D eigenvalue weighted by Gasteiger charge is 2.26. The smallest absolute Gasteiger partial charge is 0.258 e. The van der Waals surface area contributed by atoms with Crippen molar-refractivity contribution in [2.24, 2.45) is 5.73 Å². The van der Waals surface area contributed by atoms with Crippen molar-refractivity contribution in [2.45, 2.75) is 6.92 Å².